The number of amides is 1. The predicted molar refractivity (Wildman–Crippen MR) is 154 cm³/mol. The van der Waals surface area contributed by atoms with Gasteiger partial charge in [0.25, 0.3) is 15.9 Å². The number of nitrogens with one attached hydrogen (secondary N) is 3. The average Bonchev–Trinajstić information content (AvgIpc) is 2.93. The SMILES string of the molecule is COc1cc(O)cc(Nc2nc3ccccc3nc2NS(=O)(=O)c2cccc(NC(=O)c3ccccc3C)c2)c1. The van der Waals surface area contributed by atoms with Crippen LogP contribution in [0.25, 0.3) is 11.0 Å². The van der Waals surface area contributed by atoms with E-state index in [1.165, 1.54) is 37.4 Å². The van der Waals surface area contributed by atoms with Crippen molar-refractivity contribution in [1.82, 2.24) is 9.97 Å². The van der Waals surface area contributed by atoms with E-state index in [2.05, 4.69) is 25.3 Å². The van der Waals surface area contributed by atoms with E-state index in [-0.39, 0.29) is 28.2 Å². The molecular formula is C29H25N5O5S. The van der Waals surface area contributed by atoms with E-state index in [9.17, 15) is 18.3 Å². The Morgan fingerprint density at radius 3 is 2.25 bits per heavy atom. The number of phenolic OH excluding ortho intramolecular Hbond substituents is 1. The van der Waals surface area contributed by atoms with Crippen LogP contribution in [0.1, 0.15) is 15.9 Å². The second kappa shape index (κ2) is 10.9. The van der Waals surface area contributed by atoms with Gasteiger partial charge in [0.2, 0.25) is 0 Å². The summed E-state index contributed by atoms with van der Waals surface area (Å²) < 4.78 is 34.7. The summed E-state index contributed by atoms with van der Waals surface area (Å²) in [6.07, 6.45) is 0. The van der Waals surface area contributed by atoms with Crippen LogP contribution in [0.3, 0.4) is 0 Å². The molecule has 1 heterocycles. The summed E-state index contributed by atoms with van der Waals surface area (Å²) in [4.78, 5) is 21.7. The topological polar surface area (TPSA) is 143 Å². The average molecular weight is 556 g/mol. The van der Waals surface area contributed by atoms with Crippen LogP contribution >= 0.6 is 0 Å². The molecule has 5 rings (SSSR count). The van der Waals surface area contributed by atoms with E-state index in [0.717, 1.165) is 5.56 Å². The van der Waals surface area contributed by atoms with Gasteiger partial charge in [-0.3, -0.25) is 9.52 Å². The Kier molecular flexibility index (Phi) is 7.21. The largest absolute Gasteiger partial charge is 0.508 e. The van der Waals surface area contributed by atoms with Crippen LogP contribution in [0.2, 0.25) is 0 Å². The highest BCUT2D eigenvalue weighted by Gasteiger charge is 2.20. The summed E-state index contributed by atoms with van der Waals surface area (Å²) in [6.45, 7) is 1.82. The van der Waals surface area contributed by atoms with Crippen LogP contribution in [0.15, 0.2) is 95.9 Å². The quantitative estimate of drug-likeness (QED) is 0.198. The van der Waals surface area contributed by atoms with Gasteiger partial charge in [-0.05, 0) is 48.9 Å². The van der Waals surface area contributed by atoms with Crippen molar-refractivity contribution < 1.29 is 23.1 Å². The van der Waals surface area contributed by atoms with E-state index in [0.29, 0.717) is 33.7 Å². The van der Waals surface area contributed by atoms with Crippen LogP contribution < -0.4 is 20.1 Å². The molecule has 0 spiro atoms. The summed E-state index contributed by atoms with van der Waals surface area (Å²) >= 11 is 0. The number of carbonyl (C=O) groups excluding carboxylic acids is 1. The van der Waals surface area contributed by atoms with Crippen molar-refractivity contribution in [3.63, 3.8) is 0 Å². The molecule has 4 aromatic carbocycles. The zero-order valence-corrected chi connectivity index (χ0v) is 22.4. The number of aryl methyl sites for hydroxylation is 1. The molecule has 0 radical (unpaired) electrons. The van der Waals surface area contributed by atoms with E-state index < -0.39 is 10.0 Å². The van der Waals surface area contributed by atoms with Crippen LogP contribution in [0.4, 0.5) is 23.0 Å². The van der Waals surface area contributed by atoms with Gasteiger partial charge in [0.05, 0.1) is 23.0 Å². The fraction of sp³-hybridized carbons (Fsp3) is 0.0690. The molecule has 0 aliphatic rings. The molecule has 0 aliphatic heterocycles. The van der Waals surface area contributed by atoms with Crippen molar-refractivity contribution in [2.24, 2.45) is 0 Å². The highest BCUT2D eigenvalue weighted by Crippen LogP contribution is 2.31. The highest BCUT2D eigenvalue weighted by atomic mass is 32.2. The number of fused-ring (bicyclic) bond motifs is 1. The Hall–Kier alpha value is -5.16. The maximum atomic E-state index is 13.5. The number of phenols is 1. The smallest absolute Gasteiger partial charge is 0.263 e. The van der Waals surface area contributed by atoms with Crippen LogP contribution in [0.5, 0.6) is 11.5 Å². The lowest BCUT2D eigenvalue weighted by Crippen LogP contribution is -2.17. The lowest BCUT2D eigenvalue weighted by atomic mass is 10.1. The molecular weight excluding hydrogens is 530 g/mol. The van der Waals surface area contributed by atoms with E-state index >= 15 is 0 Å². The zero-order valence-electron chi connectivity index (χ0n) is 21.5. The van der Waals surface area contributed by atoms with Crippen molar-refractivity contribution in [3.05, 3.63) is 102 Å². The van der Waals surface area contributed by atoms with Crippen molar-refractivity contribution >= 4 is 50.0 Å². The van der Waals surface area contributed by atoms with Gasteiger partial charge in [-0.15, -0.1) is 0 Å². The minimum absolute atomic E-state index is 0.0534. The van der Waals surface area contributed by atoms with E-state index in [1.807, 2.05) is 19.1 Å². The molecule has 10 nitrogen and oxygen atoms in total. The van der Waals surface area contributed by atoms with E-state index in [1.54, 1.807) is 48.5 Å². The maximum absolute atomic E-state index is 13.5. The van der Waals surface area contributed by atoms with Crippen LogP contribution in [0, 0.1) is 6.92 Å². The first-order chi connectivity index (χ1) is 19.2. The second-order valence-corrected chi connectivity index (χ2v) is 10.5. The number of aromatic hydroxyl groups is 1. The van der Waals surface area contributed by atoms with Gasteiger partial charge in [0.1, 0.15) is 11.5 Å². The molecule has 4 N–H and O–H groups in total. The number of nitrogens with zero attached hydrogens (tertiary/aromatic N) is 2. The highest BCUT2D eigenvalue weighted by molar-refractivity contribution is 7.92. The van der Waals surface area contributed by atoms with Gasteiger partial charge in [-0.2, -0.15) is 0 Å². The number of carbonyl (C=O) groups is 1. The third kappa shape index (κ3) is 5.79. The van der Waals surface area contributed by atoms with E-state index in [4.69, 9.17) is 4.74 Å². The fourth-order valence-electron chi connectivity index (χ4n) is 4.02. The molecule has 1 aromatic heterocycles. The molecule has 202 valence electrons. The Labute approximate surface area is 230 Å². The molecule has 0 unspecified atom stereocenters. The second-order valence-electron chi connectivity index (χ2n) is 8.86. The van der Waals surface area contributed by atoms with Gasteiger partial charge in [0.15, 0.2) is 11.6 Å². The molecule has 11 heteroatoms. The standard InChI is InChI=1S/C29H25N5O5S/c1-18-8-3-4-11-24(18)29(36)31-19-9-7-10-23(16-19)40(37,38)34-28-27(32-25-12-5-6-13-26(25)33-28)30-20-14-21(35)17-22(15-20)39-2/h3-17,35H,1-2H3,(H,30,32)(H,31,36)(H,33,34). The third-order valence-electron chi connectivity index (χ3n) is 5.98. The van der Waals surface area contributed by atoms with Crippen molar-refractivity contribution in [2.75, 3.05) is 22.5 Å². The number of methoxy groups -OCH3 is 1. The summed E-state index contributed by atoms with van der Waals surface area (Å²) in [6, 6.07) is 24.5. The lowest BCUT2D eigenvalue weighted by molar-refractivity contribution is 0.102. The number of benzene rings is 4. The summed E-state index contributed by atoms with van der Waals surface area (Å²) in [7, 11) is -2.70. The number of anilines is 4. The monoisotopic (exact) mass is 555 g/mol. The van der Waals surface area contributed by atoms with Gasteiger partial charge in [-0.25, -0.2) is 18.4 Å². The minimum Gasteiger partial charge on any atom is -0.508 e. The summed E-state index contributed by atoms with van der Waals surface area (Å²) in [5.74, 6) is 0.0357. The van der Waals surface area contributed by atoms with Gasteiger partial charge in [0, 0.05) is 35.1 Å². The molecule has 0 fully saturated rings. The Morgan fingerprint density at radius 2 is 1.52 bits per heavy atom. The number of aromatic nitrogens is 2. The fourth-order valence-corrected chi connectivity index (χ4v) is 5.08. The molecule has 40 heavy (non-hydrogen) atoms. The van der Waals surface area contributed by atoms with Crippen molar-refractivity contribution in [3.8, 4) is 11.5 Å². The third-order valence-corrected chi connectivity index (χ3v) is 7.32. The van der Waals surface area contributed by atoms with Crippen molar-refractivity contribution in [2.45, 2.75) is 11.8 Å². The number of ether oxygens (including phenoxy) is 1. The zero-order chi connectivity index (χ0) is 28.3. The summed E-state index contributed by atoms with van der Waals surface area (Å²) in [5.41, 5.74) is 3.00. The van der Waals surface area contributed by atoms with Crippen LogP contribution in [-0.4, -0.2) is 36.5 Å². The normalized spacial score (nSPS) is 11.2. The van der Waals surface area contributed by atoms with Gasteiger partial charge < -0.3 is 20.5 Å². The Morgan fingerprint density at radius 1 is 0.825 bits per heavy atom. The predicted octanol–water partition coefficient (Wildman–Crippen LogP) is 5.45. The number of para-hydroxylation sites is 2. The number of sulfonamides is 1. The summed E-state index contributed by atoms with van der Waals surface area (Å²) in [5, 5.41) is 15.8. The Balaban J connectivity index is 1.47. The first-order valence-electron chi connectivity index (χ1n) is 12.1. The Bertz CT molecular complexity index is 1840. The minimum atomic E-state index is -4.17. The first kappa shape index (κ1) is 26.4. The van der Waals surface area contributed by atoms with Crippen LogP contribution in [-0.2, 0) is 10.0 Å². The lowest BCUT2D eigenvalue weighted by Gasteiger charge is -2.15. The van der Waals surface area contributed by atoms with Gasteiger partial charge >= 0.3 is 0 Å². The first-order valence-corrected chi connectivity index (χ1v) is 13.6. The molecule has 0 aliphatic carbocycles. The number of hydrogen-bond acceptors (Lipinski definition) is 8. The number of rotatable bonds is 8. The molecule has 0 bridgehead atoms. The molecule has 5 aromatic rings. The van der Waals surface area contributed by atoms with Crippen molar-refractivity contribution in [1.29, 1.82) is 0 Å². The molecule has 0 saturated heterocycles. The van der Waals surface area contributed by atoms with Gasteiger partial charge in [-0.1, -0.05) is 36.4 Å². The molecule has 0 saturated carbocycles. The molecule has 1 amide bonds. The maximum Gasteiger partial charge on any atom is 0.263 e. The number of hydrogen-bond donors (Lipinski definition) is 4. The molecule has 0 atom stereocenters.